The number of tetrazole rings is 1. The Kier molecular flexibility index (Phi) is 9.58. The maximum absolute atomic E-state index is 13.0. The number of aryl methyl sites for hydroxylation is 2. The monoisotopic (exact) mass is 611 g/mol. The van der Waals surface area contributed by atoms with E-state index in [1.54, 1.807) is 4.90 Å². The molecule has 2 aromatic carbocycles. The summed E-state index contributed by atoms with van der Waals surface area (Å²) in [6, 6.07) is 13.3. The number of rotatable bonds is 10. The van der Waals surface area contributed by atoms with Crippen LogP contribution in [-0.4, -0.2) is 81.0 Å². The molecule has 1 aliphatic carbocycles. The minimum absolute atomic E-state index is 0.00638. The van der Waals surface area contributed by atoms with Crippen LogP contribution in [0.4, 0.5) is 0 Å². The molecule has 2 heterocycles. The van der Waals surface area contributed by atoms with Crippen LogP contribution in [0, 0.1) is 11.3 Å². The largest absolute Gasteiger partial charge is 0.350 e. The number of likely N-dealkylation sites (tertiary alicyclic amines) is 1. The van der Waals surface area contributed by atoms with Crippen molar-refractivity contribution in [2.24, 2.45) is 0 Å². The molecule has 2 aliphatic rings. The maximum atomic E-state index is 13.0. The van der Waals surface area contributed by atoms with Crippen LogP contribution in [-0.2, 0) is 23.1 Å². The van der Waals surface area contributed by atoms with Crippen molar-refractivity contribution in [1.82, 2.24) is 41.5 Å². The predicted molar refractivity (Wildman–Crippen MR) is 167 cm³/mol. The lowest BCUT2D eigenvalue weighted by Gasteiger charge is -2.35. The molecule has 3 aromatic rings. The number of carbonyl (C=O) groups is 3. The third-order valence-corrected chi connectivity index (χ3v) is 8.58. The van der Waals surface area contributed by atoms with Gasteiger partial charge in [0.25, 0.3) is 11.8 Å². The van der Waals surface area contributed by atoms with Crippen LogP contribution in [0.3, 0.4) is 0 Å². The van der Waals surface area contributed by atoms with E-state index in [4.69, 9.17) is 0 Å². The molecule has 5 rings (SSSR count). The summed E-state index contributed by atoms with van der Waals surface area (Å²) in [7, 11) is 0. The quantitative estimate of drug-likeness (QED) is 0.253. The fourth-order valence-electron chi connectivity index (χ4n) is 6.58. The van der Waals surface area contributed by atoms with Crippen molar-refractivity contribution in [3.8, 4) is 6.07 Å². The van der Waals surface area contributed by atoms with Crippen LogP contribution in [0.1, 0.15) is 95.8 Å². The fraction of sp³-hybridized carbons (Fsp3) is 0.485. The lowest BCUT2D eigenvalue weighted by Crippen LogP contribution is -2.42. The Morgan fingerprint density at radius 3 is 2.11 bits per heavy atom. The van der Waals surface area contributed by atoms with Gasteiger partial charge in [0, 0.05) is 29.8 Å². The Bertz CT molecular complexity index is 1520. The third-order valence-electron chi connectivity index (χ3n) is 8.58. The van der Waals surface area contributed by atoms with Gasteiger partial charge in [-0.25, -0.2) is 5.10 Å². The Morgan fingerprint density at radius 2 is 1.60 bits per heavy atom. The molecule has 1 saturated heterocycles. The lowest BCUT2D eigenvalue weighted by atomic mass is 9.69. The van der Waals surface area contributed by atoms with Crippen molar-refractivity contribution >= 4 is 17.7 Å². The fourth-order valence-corrected chi connectivity index (χ4v) is 6.58. The van der Waals surface area contributed by atoms with Gasteiger partial charge in [-0.3, -0.25) is 14.4 Å². The van der Waals surface area contributed by atoms with E-state index in [1.165, 1.54) is 0 Å². The SMILES string of the molecule is CC(C)NC(=O)c1ccc2c(c1)CCc1cc(C(=O)NC(C)C)ccc1C2(CCNCC(=O)N1CCCC1C#N)c1nnn[nH]1. The van der Waals surface area contributed by atoms with Gasteiger partial charge in [-0.15, -0.1) is 5.10 Å². The smallest absolute Gasteiger partial charge is 0.251 e. The number of fused-ring (bicyclic) bond motifs is 2. The van der Waals surface area contributed by atoms with Crippen molar-refractivity contribution in [2.75, 3.05) is 19.6 Å². The lowest BCUT2D eigenvalue weighted by molar-refractivity contribution is -0.130. The van der Waals surface area contributed by atoms with E-state index in [0.29, 0.717) is 55.7 Å². The summed E-state index contributed by atoms with van der Waals surface area (Å²) in [5.41, 5.74) is 4.14. The second-order valence-electron chi connectivity index (χ2n) is 12.5. The molecule has 12 heteroatoms. The molecule has 1 fully saturated rings. The third kappa shape index (κ3) is 6.59. The van der Waals surface area contributed by atoms with Gasteiger partial charge >= 0.3 is 0 Å². The van der Waals surface area contributed by atoms with Crippen LogP contribution in [0.25, 0.3) is 0 Å². The first-order valence-electron chi connectivity index (χ1n) is 15.7. The number of amides is 3. The molecule has 236 valence electrons. The van der Waals surface area contributed by atoms with E-state index >= 15 is 0 Å². The summed E-state index contributed by atoms with van der Waals surface area (Å²) >= 11 is 0. The molecule has 1 atom stereocenters. The van der Waals surface area contributed by atoms with E-state index in [2.05, 4.69) is 42.6 Å². The van der Waals surface area contributed by atoms with Crippen molar-refractivity contribution in [3.63, 3.8) is 0 Å². The first kappa shape index (κ1) is 31.8. The number of H-pyrrole nitrogens is 1. The average molecular weight is 612 g/mol. The van der Waals surface area contributed by atoms with E-state index in [9.17, 15) is 19.6 Å². The molecule has 4 N–H and O–H groups in total. The molecular weight excluding hydrogens is 570 g/mol. The first-order valence-corrected chi connectivity index (χ1v) is 15.7. The Morgan fingerprint density at radius 1 is 1.00 bits per heavy atom. The van der Waals surface area contributed by atoms with Gasteiger partial charge in [0.2, 0.25) is 5.91 Å². The number of nitrogens with zero attached hydrogens (tertiary/aromatic N) is 5. The summed E-state index contributed by atoms with van der Waals surface area (Å²) in [4.78, 5) is 40.6. The van der Waals surface area contributed by atoms with E-state index in [1.807, 2.05) is 64.1 Å². The molecule has 0 bridgehead atoms. The van der Waals surface area contributed by atoms with Crippen molar-refractivity contribution in [1.29, 1.82) is 5.26 Å². The minimum Gasteiger partial charge on any atom is -0.350 e. The summed E-state index contributed by atoms with van der Waals surface area (Å²) in [5.74, 6) is 0.138. The molecule has 3 amide bonds. The first-order chi connectivity index (χ1) is 21.6. The molecule has 0 radical (unpaired) electrons. The van der Waals surface area contributed by atoms with Crippen LogP contribution >= 0.6 is 0 Å². The minimum atomic E-state index is -0.871. The van der Waals surface area contributed by atoms with Gasteiger partial charge in [-0.2, -0.15) is 5.26 Å². The Balaban J connectivity index is 1.55. The van der Waals surface area contributed by atoms with E-state index < -0.39 is 5.41 Å². The highest BCUT2D eigenvalue weighted by Gasteiger charge is 2.44. The zero-order valence-electron chi connectivity index (χ0n) is 26.3. The van der Waals surface area contributed by atoms with E-state index in [-0.39, 0.29) is 42.4 Å². The number of benzene rings is 2. The number of carbonyl (C=O) groups excluding carboxylic acids is 3. The van der Waals surface area contributed by atoms with Crippen LogP contribution in [0.2, 0.25) is 0 Å². The standard InChI is InChI=1S/C33H41N9O3/c1-20(2)36-30(44)24-9-11-27-22(16-24)7-8-23-17-25(31(45)37-21(3)4)10-12-28(23)33(27,32-38-40-41-39-32)13-14-35-19-29(43)42-15-5-6-26(42)18-34/h9-12,16-17,20-21,26,35H,5-8,13-15,19H2,1-4H3,(H,36,44)(H,37,45)(H,38,39,40,41). The summed E-state index contributed by atoms with van der Waals surface area (Å²) in [6.45, 7) is 8.83. The van der Waals surface area contributed by atoms with Crippen LogP contribution in [0.5, 0.6) is 0 Å². The number of nitrogens with one attached hydrogen (secondary N) is 4. The average Bonchev–Trinajstić information content (AvgIpc) is 3.70. The zero-order chi connectivity index (χ0) is 32.1. The molecule has 1 aromatic heterocycles. The highest BCUT2D eigenvalue weighted by atomic mass is 16.2. The number of nitriles is 1. The van der Waals surface area contributed by atoms with Gasteiger partial charge in [0.05, 0.1) is 18.0 Å². The van der Waals surface area contributed by atoms with Crippen LogP contribution < -0.4 is 16.0 Å². The van der Waals surface area contributed by atoms with Gasteiger partial charge in [0.1, 0.15) is 6.04 Å². The van der Waals surface area contributed by atoms with Crippen molar-refractivity contribution in [3.05, 3.63) is 75.6 Å². The maximum Gasteiger partial charge on any atom is 0.251 e. The second kappa shape index (κ2) is 13.6. The second-order valence-corrected chi connectivity index (χ2v) is 12.5. The summed E-state index contributed by atoms with van der Waals surface area (Å²) in [6.07, 6.45) is 3.29. The Hall–Kier alpha value is -4.63. The molecule has 1 aliphatic heterocycles. The van der Waals surface area contributed by atoms with Gasteiger partial charge in [-0.1, -0.05) is 12.1 Å². The van der Waals surface area contributed by atoms with Crippen molar-refractivity contribution < 1.29 is 14.4 Å². The highest BCUT2D eigenvalue weighted by Crippen LogP contribution is 2.46. The Labute approximate surface area is 263 Å². The van der Waals surface area contributed by atoms with Gasteiger partial charge < -0.3 is 20.9 Å². The number of aromatic nitrogens is 4. The van der Waals surface area contributed by atoms with Gasteiger partial charge in [0.15, 0.2) is 5.82 Å². The van der Waals surface area contributed by atoms with Crippen molar-refractivity contribution in [2.45, 2.75) is 83.3 Å². The summed E-state index contributed by atoms with van der Waals surface area (Å²) < 4.78 is 0. The molecular formula is C33H41N9O3. The number of hydrogen-bond acceptors (Lipinski definition) is 8. The number of aromatic amines is 1. The topological polar surface area (TPSA) is 169 Å². The molecule has 0 spiro atoms. The molecule has 12 nitrogen and oxygen atoms in total. The molecule has 1 unspecified atom stereocenters. The van der Waals surface area contributed by atoms with Gasteiger partial charge in [-0.05, 0) is 123 Å². The van der Waals surface area contributed by atoms with Crippen LogP contribution in [0.15, 0.2) is 36.4 Å². The molecule has 45 heavy (non-hydrogen) atoms. The highest BCUT2D eigenvalue weighted by molar-refractivity contribution is 5.95. The zero-order valence-corrected chi connectivity index (χ0v) is 26.3. The normalized spacial score (nSPS) is 16.9. The summed E-state index contributed by atoms with van der Waals surface area (Å²) in [5, 5.41) is 34.0. The predicted octanol–water partition coefficient (Wildman–Crippen LogP) is 2.40. The number of hydrogen-bond donors (Lipinski definition) is 4. The van der Waals surface area contributed by atoms with E-state index in [0.717, 1.165) is 28.7 Å². The molecule has 0 saturated carbocycles.